The van der Waals surface area contributed by atoms with Crippen molar-refractivity contribution in [1.29, 1.82) is 0 Å². The number of nitrogens with zero attached hydrogens (tertiary/aromatic N) is 2. The van der Waals surface area contributed by atoms with Crippen molar-refractivity contribution in [2.45, 2.75) is 44.2 Å². The van der Waals surface area contributed by atoms with E-state index in [-0.39, 0.29) is 11.7 Å². The van der Waals surface area contributed by atoms with E-state index < -0.39 is 36.1 Å². The lowest BCUT2D eigenvalue weighted by Crippen LogP contribution is -2.50. The van der Waals surface area contributed by atoms with Crippen LogP contribution in [0, 0.1) is 5.82 Å². The van der Waals surface area contributed by atoms with Crippen LogP contribution in [-0.2, 0) is 9.59 Å². The highest BCUT2D eigenvalue weighted by molar-refractivity contribution is 7.12. The first-order valence-electron chi connectivity index (χ1n) is 11.6. The summed E-state index contributed by atoms with van der Waals surface area (Å²) in [6.07, 6.45) is 7.95. The van der Waals surface area contributed by atoms with Crippen LogP contribution in [0.1, 0.15) is 53.4 Å². The molecule has 1 atom stereocenters. The Kier molecular flexibility index (Phi) is 8.20. The average molecular weight is 495 g/mol. The highest BCUT2D eigenvalue weighted by Crippen LogP contribution is 2.30. The molecule has 1 aromatic carbocycles. The molecule has 0 unspecified atom stereocenters. The number of halogens is 1. The van der Waals surface area contributed by atoms with Gasteiger partial charge in [0.1, 0.15) is 11.9 Å². The van der Waals surface area contributed by atoms with Gasteiger partial charge in [0.25, 0.3) is 5.91 Å². The lowest BCUT2D eigenvalue weighted by atomic mass is 9.94. The molecule has 0 bridgehead atoms. The molecule has 1 aliphatic rings. The average Bonchev–Trinajstić information content (AvgIpc) is 3.42. The number of carbonyl (C=O) groups excluding carboxylic acids is 3. The number of aromatic nitrogens is 1. The lowest BCUT2D eigenvalue weighted by molar-refractivity contribution is -0.127. The number of nitrogens with one attached hydrogen (secondary N) is 2. The summed E-state index contributed by atoms with van der Waals surface area (Å²) < 4.78 is 15.0. The molecule has 0 saturated heterocycles. The molecular weight excluding hydrogens is 467 g/mol. The van der Waals surface area contributed by atoms with Crippen molar-refractivity contribution in [3.05, 3.63) is 82.6 Å². The van der Waals surface area contributed by atoms with E-state index in [0.717, 1.165) is 37.0 Å². The van der Waals surface area contributed by atoms with Crippen molar-refractivity contribution < 1.29 is 18.8 Å². The minimum atomic E-state index is -1.16. The number of carbonyl (C=O) groups is 3. The van der Waals surface area contributed by atoms with Gasteiger partial charge in [-0.1, -0.05) is 43.5 Å². The number of hydrogen-bond acceptors (Lipinski definition) is 5. The maximum atomic E-state index is 15.0. The second-order valence-corrected chi connectivity index (χ2v) is 9.36. The molecule has 182 valence electrons. The quantitative estimate of drug-likeness (QED) is 0.490. The van der Waals surface area contributed by atoms with Gasteiger partial charge in [-0.3, -0.25) is 24.3 Å². The number of para-hydroxylation sites is 1. The molecule has 0 aliphatic heterocycles. The Labute approximate surface area is 207 Å². The predicted octanol–water partition coefficient (Wildman–Crippen LogP) is 4.24. The van der Waals surface area contributed by atoms with Gasteiger partial charge in [0.15, 0.2) is 0 Å². The Hall–Kier alpha value is -3.59. The topological polar surface area (TPSA) is 91.4 Å². The summed E-state index contributed by atoms with van der Waals surface area (Å²) in [7, 11) is 0. The maximum absolute atomic E-state index is 15.0. The number of pyridine rings is 1. The number of thiophene rings is 1. The number of amides is 3. The molecule has 1 aliphatic carbocycles. The Bertz CT molecular complexity index is 1150. The van der Waals surface area contributed by atoms with E-state index in [1.165, 1.54) is 35.7 Å². The molecule has 2 aromatic heterocycles. The third-order valence-electron chi connectivity index (χ3n) is 5.98. The Morgan fingerprint density at radius 3 is 2.54 bits per heavy atom. The van der Waals surface area contributed by atoms with Crippen LogP contribution in [0.4, 0.5) is 10.1 Å². The van der Waals surface area contributed by atoms with Gasteiger partial charge in [-0.05, 0) is 42.5 Å². The van der Waals surface area contributed by atoms with Gasteiger partial charge in [0, 0.05) is 24.0 Å². The van der Waals surface area contributed by atoms with Crippen LogP contribution < -0.4 is 15.5 Å². The maximum Gasteiger partial charge on any atom is 0.261 e. The van der Waals surface area contributed by atoms with Crippen molar-refractivity contribution in [2.24, 2.45) is 0 Å². The molecule has 3 amide bonds. The van der Waals surface area contributed by atoms with Crippen LogP contribution in [0.2, 0.25) is 0 Å². The van der Waals surface area contributed by atoms with E-state index in [2.05, 4.69) is 15.6 Å². The van der Waals surface area contributed by atoms with Crippen LogP contribution >= 0.6 is 11.3 Å². The van der Waals surface area contributed by atoms with E-state index >= 15 is 0 Å². The highest BCUT2D eigenvalue weighted by Gasteiger charge is 2.35. The van der Waals surface area contributed by atoms with Crippen molar-refractivity contribution in [2.75, 3.05) is 11.4 Å². The summed E-state index contributed by atoms with van der Waals surface area (Å²) in [6.45, 7) is -0.404. The third kappa shape index (κ3) is 6.10. The second kappa shape index (κ2) is 11.7. The fourth-order valence-electron chi connectivity index (χ4n) is 4.28. The van der Waals surface area contributed by atoms with E-state index in [0.29, 0.717) is 10.4 Å². The monoisotopic (exact) mass is 494 g/mol. The molecule has 4 rings (SSSR count). The summed E-state index contributed by atoms with van der Waals surface area (Å²) in [5.74, 6) is -2.09. The first-order valence-corrected chi connectivity index (χ1v) is 12.5. The van der Waals surface area contributed by atoms with E-state index in [1.807, 2.05) is 0 Å². The predicted molar refractivity (Wildman–Crippen MR) is 133 cm³/mol. The molecule has 2 N–H and O–H groups in total. The summed E-state index contributed by atoms with van der Waals surface area (Å²) in [6, 6.07) is 11.4. The van der Waals surface area contributed by atoms with E-state index in [1.54, 1.807) is 41.9 Å². The fraction of sp³-hybridized carbons (Fsp3) is 0.308. The van der Waals surface area contributed by atoms with Gasteiger partial charge in [-0.25, -0.2) is 4.39 Å². The molecule has 7 nitrogen and oxygen atoms in total. The normalized spacial score (nSPS) is 14.7. The van der Waals surface area contributed by atoms with Crippen LogP contribution in [-0.4, -0.2) is 35.3 Å². The van der Waals surface area contributed by atoms with Crippen LogP contribution in [0.15, 0.2) is 66.3 Å². The van der Waals surface area contributed by atoms with E-state index in [4.69, 9.17) is 0 Å². The van der Waals surface area contributed by atoms with Crippen LogP contribution in [0.25, 0.3) is 0 Å². The summed E-state index contributed by atoms with van der Waals surface area (Å²) in [5, 5.41) is 7.41. The van der Waals surface area contributed by atoms with Gasteiger partial charge in [-0.15, -0.1) is 11.3 Å². The third-order valence-corrected chi connectivity index (χ3v) is 6.85. The van der Waals surface area contributed by atoms with Crippen LogP contribution in [0.5, 0.6) is 0 Å². The molecule has 2 heterocycles. The van der Waals surface area contributed by atoms with E-state index in [9.17, 15) is 18.8 Å². The number of hydrogen-bond donors (Lipinski definition) is 2. The Balaban J connectivity index is 1.67. The van der Waals surface area contributed by atoms with Gasteiger partial charge in [0.2, 0.25) is 11.8 Å². The van der Waals surface area contributed by atoms with Gasteiger partial charge >= 0.3 is 0 Å². The number of anilines is 1. The zero-order valence-electron chi connectivity index (χ0n) is 19.2. The Morgan fingerprint density at radius 1 is 1.06 bits per heavy atom. The molecule has 9 heteroatoms. The molecule has 35 heavy (non-hydrogen) atoms. The fourth-order valence-corrected chi connectivity index (χ4v) is 4.92. The standard InChI is InChI=1S/C26H27FN4O3S/c27-20-11-4-5-12-21(20)31(23(32)17-29-25(33)22-13-7-15-35-22)24(18-8-6-14-28-16-18)26(34)30-19-9-2-1-3-10-19/h4-8,11-16,19,24H,1-3,9-10,17H2,(H,29,33)(H,30,34)/t24-/m1/s1. The molecule has 3 aromatic rings. The van der Waals surface area contributed by atoms with Crippen molar-refractivity contribution in [3.8, 4) is 0 Å². The lowest BCUT2D eigenvalue weighted by Gasteiger charge is -2.33. The largest absolute Gasteiger partial charge is 0.351 e. The first kappa shape index (κ1) is 24.5. The van der Waals surface area contributed by atoms with Gasteiger partial charge in [-0.2, -0.15) is 0 Å². The molecule has 1 saturated carbocycles. The SMILES string of the molecule is O=C(NCC(=O)N(c1ccccc1F)[C@@H](C(=O)NC1CCCCC1)c1cccnc1)c1cccs1. The van der Waals surface area contributed by atoms with Crippen molar-refractivity contribution in [3.63, 3.8) is 0 Å². The highest BCUT2D eigenvalue weighted by atomic mass is 32.1. The van der Waals surface area contributed by atoms with Crippen molar-refractivity contribution in [1.82, 2.24) is 15.6 Å². The second-order valence-electron chi connectivity index (χ2n) is 8.41. The molecule has 1 fully saturated rings. The minimum absolute atomic E-state index is 0.00785. The molecule has 0 spiro atoms. The van der Waals surface area contributed by atoms with Gasteiger partial charge < -0.3 is 10.6 Å². The summed E-state index contributed by atoms with van der Waals surface area (Å²) in [5.41, 5.74) is 0.400. The molecule has 0 radical (unpaired) electrons. The first-order chi connectivity index (χ1) is 17.0. The summed E-state index contributed by atoms with van der Waals surface area (Å²) in [4.78, 5) is 45.3. The van der Waals surface area contributed by atoms with Crippen LogP contribution in [0.3, 0.4) is 0 Å². The number of benzene rings is 1. The zero-order chi connectivity index (χ0) is 24.6. The Morgan fingerprint density at radius 2 is 1.86 bits per heavy atom. The zero-order valence-corrected chi connectivity index (χ0v) is 20.0. The minimum Gasteiger partial charge on any atom is -0.351 e. The smallest absolute Gasteiger partial charge is 0.261 e. The summed E-state index contributed by atoms with van der Waals surface area (Å²) >= 11 is 1.25. The van der Waals surface area contributed by atoms with Gasteiger partial charge in [0.05, 0.1) is 17.1 Å². The van der Waals surface area contributed by atoms with Crippen molar-refractivity contribution >= 4 is 34.7 Å². The number of rotatable bonds is 8. The molecular formula is C26H27FN4O3S.